The van der Waals surface area contributed by atoms with Crippen LogP contribution in [0.3, 0.4) is 0 Å². The van der Waals surface area contributed by atoms with Crippen LogP contribution in [0.4, 0.5) is 0 Å². The Morgan fingerprint density at radius 2 is 0.444 bits per heavy atom. The van der Waals surface area contributed by atoms with E-state index < -0.39 is 8.80 Å². The van der Waals surface area contributed by atoms with Crippen LogP contribution in [0.5, 0.6) is 0 Å². The maximum atomic E-state index is 2.38. The maximum absolute atomic E-state index is 2.38. The van der Waals surface area contributed by atoms with Crippen LogP contribution in [0.15, 0.2) is 0 Å². The highest BCUT2D eigenvalue weighted by atomic mass is 28.3. The monoisotopic (exact) mass is 649 g/mol. The topological polar surface area (TPSA) is 0 Å². The molecule has 0 aromatic carbocycles. The number of unbranched alkanes of at least 4 members (excludes halogenated alkanes) is 31. The summed E-state index contributed by atoms with van der Waals surface area (Å²) < 4.78 is 0. The van der Waals surface area contributed by atoms with Crippen LogP contribution in [0, 0.1) is 0 Å². The third-order valence-electron chi connectivity index (χ3n) is 11.1. The Kier molecular flexibility index (Phi) is 40.6. The fourth-order valence-electron chi connectivity index (χ4n) is 7.92. The molecule has 1 heteroatoms. The van der Waals surface area contributed by atoms with E-state index in [1.54, 1.807) is 57.0 Å². The van der Waals surface area contributed by atoms with Gasteiger partial charge in [0.05, 0.1) is 0 Å². The van der Waals surface area contributed by atoms with Gasteiger partial charge < -0.3 is 0 Å². The predicted octanol–water partition coefficient (Wildman–Crippen LogP) is 17.1. The molecule has 0 spiro atoms. The molecule has 0 N–H and O–H groups in total. The van der Waals surface area contributed by atoms with E-state index >= 15 is 0 Å². The molecule has 0 rings (SSSR count). The van der Waals surface area contributed by atoms with Gasteiger partial charge in [0, 0.05) is 8.80 Å². The number of hydrogen-bond acceptors (Lipinski definition) is 0. The summed E-state index contributed by atoms with van der Waals surface area (Å²) in [5.74, 6) is 0. The molecule has 0 saturated heterocycles. The molecule has 0 aromatic heterocycles. The van der Waals surface area contributed by atoms with Crippen molar-refractivity contribution in [3.63, 3.8) is 0 Å². The molecule has 45 heavy (non-hydrogen) atoms. The molecule has 0 fully saturated rings. The Labute approximate surface area is 290 Å². The molecule has 0 aromatic rings. The zero-order chi connectivity index (χ0) is 32.7. The van der Waals surface area contributed by atoms with E-state index in [-0.39, 0.29) is 0 Å². The highest BCUT2D eigenvalue weighted by molar-refractivity contribution is 6.60. The molecule has 0 saturated carbocycles. The van der Waals surface area contributed by atoms with Crippen LogP contribution in [0.2, 0.25) is 17.6 Å². The van der Waals surface area contributed by atoms with E-state index in [4.69, 9.17) is 0 Å². The van der Waals surface area contributed by atoms with Gasteiger partial charge in [0.25, 0.3) is 0 Å². The number of rotatable bonds is 40. The Balaban J connectivity index is 4.53. The van der Waals surface area contributed by atoms with Crippen molar-refractivity contribution >= 4 is 8.80 Å². The van der Waals surface area contributed by atoms with Crippen molar-refractivity contribution in [2.75, 3.05) is 0 Å². The molecule has 0 nitrogen and oxygen atoms in total. The largest absolute Gasteiger partial charge is 0.0654 e. The fourth-order valence-corrected chi connectivity index (χ4v) is 12.2. The van der Waals surface area contributed by atoms with Crippen LogP contribution < -0.4 is 0 Å². The van der Waals surface area contributed by atoms with Gasteiger partial charge in [0.1, 0.15) is 0 Å². The van der Waals surface area contributed by atoms with Crippen molar-refractivity contribution in [1.29, 1.82) is 0 Å². The first-order valence-electron chi connectivity index (χ1n) is 22.3. The second kappa shape index (κ2) is 40.4. The van der Waals surface area contributed by atoms with Gasteiger partial charge in [-0.1, -0.05) is 277 Å². The first kappa shape index (κ1) is 45.2. The molecule has 1 atom stereocenters. The van der Waals surface area contributed by atoms with Crippen molar-refractivity contribution in [2.45, 2.75) is 283 Å². The van der Waals surface area contributed by atoms with E-state index in [9.17, 15) is 0 Å². The lowest BCUT2D eigenvalue weighted by Crippen LogP contribution is -2.21. The Hall–Kier alpha value is 0.217. The predicted molar refractivity (Wildman–Crippen MR) is 214 cm³/mol. The summed E-state index contributed by atoms with van der Waals surface area (Å²) in [5, 5.41) is 0. The van der Waals surface area contributed by atoms with E-state index in [1.165, 1.54) is 193 Å². The van der Waals surface area contributed by atoms with Crippen molar-refractivity contribution in [3.05, 3.63) is 0 Å². The average Bonchev–Trinajstić information content (AvgIpc) is 3.05. The summed E-state index contributed by atoms with van der Waals surface area (Å²) in [6.45, 7) is 9.39. The van der Waals surface area contributed by atoms with Crippen LogP contribution in [-0.4, -0.2) is 8.80 Å². The van der Waals surface area contributed by atoms with Gasteiger partial charge in [0.15, 0.2) is 0 Å². The van der Waals surface area contributed by atoms with E-state index in [1.807, 2.05) is 0 Å². The van der Waals surface area contributed by atoms with Crippen LogP contribution in [-0.2, 0) is 0 Å². The minimum atomic E-state index is -0.639. The molecule has 0 radical (unpaired) electrons. The Morgan fingerprint density at radius 1 is 0.244 bits per heavy atom. The molecular weight excluding hydrogens is 557 g/mol. The molecular formula is C44H92Si. The molecule has 0 aliphatic heterocycles. The summed E-state index contributed by atoms with van der Waals surface area (Å²) in [4.78, 5) is 0. The second-order valence-electron chi connectivity index (χ2n) is 15.6. The fraction of sp³-hybridized carbons (Fsp3) is 1.00. The lowest BCUT2D eigenvalue weighted by molar-refractivity contribution is 0.526. The first-order valence-corrected chi connectivity index (χ1v) is 24.6. The summed E-state index contributed by atoms with van der Waals surface area (Å²) >= 11 is 0. The average molecular weight is 649 g/mol. The molecule has 0 aliphatic carbocycles. The number of hydrogen-bond donors (Lipinski definition) is 0. The maximum Gasteiger partial charge on any atom is 0.0399 e. The third-order valence-corrected chi connectivity index (χ3v) is 15.4. The quantitative estimate of drug-likeness (QED) is 0.0458. The van der Waals surface area contributed by atoms with E-state index in [0.717, 1.165) is 5.54 Å². The standard InChI is InChI=1S/C44H92Si/c1-5-9-13-17-20-22-24-26-28-31-34-38-42-45(43-39-35-32-29-27-25-23-21-18-14-10-6-2)44(40-36-16-12-8-4)41-37-33-30-19-15-11-7-3/h44-45H,5-43H2,1-4H3. The SMILES string of the molecule is CCCCCCCCCCCCCC[SiH](CCCCCCCCCCCCCC)C(CCCCCC)CCCCCCCCC. The van der Waals surface area contributed by atoms with Gasteiger partial charge in [0.2, 0.25) is 0 Å². The first-order chi connectivity index (χ1) is 22.3. The van der Waals surface area contributed by atoms with Gasteiger partial charge in [-0.25, -0.2) is 0 Å². The Bertz CT molecular complexity index is 473. The highest BCUT2D eigenvalue weighted by Crippen LogP contribution is 2.33. The van der Waals surface area contributed by atoms with Crippen molar-refractivity contribution in [3.8, 4) is 0 Å². The van der Waals surface area contributed by atoms with Crippen LogP contribution in [0.1, 0.15) is 265 Å². The third kappa shape index (κ3) is 35.3. The lowest BCUT2D eigenvalue weighted by Gasteiger charge is -2.27. The summed E-state index contributed by atoms with van der Waals surface area (Å²) in [5.41, 5.74) is 1.16. The molecule has 0 aliphatic rings. The molecule has 0 bridgehead atoms. The van der Waals surface area contributed by atoms with Gasteiger partial charge in [-0.15, -0.1) is 0 Å². The van der Waals surface area contributed by atoms with Gasteiger partial charge in [-0.05, 0) is 5.54 Å². The summed E-state index contributed by atoms with van der Waals surface area (Å²) in [7, 11) is -0.639. The lowest BCUT2D eigenvalue weighted by atomic mass is 10.0. The molecule has 0 amide bonds. The van der Waals surface area contributed by atoms with Crippen LogP contribution in [0.25, 0.3) is 0 Å². The summed E-state index contributed by atoms with van der Waals surface area (Å²) in [6, 6.07) is 3.37. The van der Waals surface area contributed by atoms with Gasteiger partial charge in [-0.3, -0.25) is 0 Å². The molecule has 272 valence electrons. The Morgan fingerprint density at radius 3 is 0.711 bits per heavy atom. The van der Waals surface area contributed by atoms with Crippen molar-refractivity contribution in [1.82, 2.24) is 0 Å². The smallest absolute Gasteiger partial charge is 0.0399 e. The summed E-state index contributed by atoms with van der Waals surface area (Å²) in [6.07, 6.45) is 55.3. The minimum Gasteiger partial charge on any atom is -0.0654 e. The highest BCUT2D eigenvalue weighted by Gasteiger charge is 2.22. The second-order valence-corrected chi connectivity index (χ2v) is 19.3. The minimum absolute atomic E-state index is 0.639. The van der Waals surface area contributed by atoms with Crippen molar-refractivity contribution < 1.29 is 0 Å². The zero-order valence-electron chi connectivity index (χ0n) is 32.7. The van der Waals surface area contributed by atoms with E-state index in [2.05, 4.69) is 27.7 Å². The van der Waals surface area contributed by atoms with E-state index in [0.29, 0.717) is 0 Å². The van der Waals surface area contributed by atoms with Gasteiger partial charge in [-0.2, -0.15) is 0 Å². The van der Waals surface area contributed by atoms with Crippen LogP contribution >= 0.6 is 0 Å². The molecule has 0 heterocycles. The normalized spacial score (nSPS) is 12.5. The van der Waals surface area contributed by atoms with Crippen molar-refractivity contribution in [2.24, 2.45) is 0 Å². The zero-order valence-corrected chi connectivity index (χ0v) is 33.9. The van der Waals surface area contributed by atoms with Gasteiger partial charge >= 0.3 is 0 Å². The molecule has 1 unspecified atom stereocenters.